The van der Waals surface area contributed by atoms with Crippen molar-refractivity contribution in [1.82, 2.24) is 4.90 Å². The number of carbonyl (C=O) groups is 1. The number of benzene rings is 2. The van der Waals surface area contributed by atoms with Gasteiger partial charge in [-0.2, -0.15) is 0 Å². The number of halogens is 1. The van der Waals surface area contributed by atoms with Gasteiger partial charge in [0.15, 0.2) is 0 Å². The number of esters is 1. The van der Waals surface area contributed by atoms with Crippen LogP contribution < -0.4 is 4.90 Å². The zero-order valence-corrected chi connectivity index (χ0v) is 15.8. The first-order valence-electron chi connectivity index (χ1n) is 8.97. The van der Waals surface area contributed by atoms with Crippen LogP contribution in [0.4, 0.5) is 5.69 Å². The fourth-order valence-corrected chi connectivity index (χ4v) is 3.12. The lowest BCUT2D eigenvalue weighted by atomic mass is 10.2. The van der Waals surface area contributed by atoms with E-state index in [1.807, 2.05) is 24.3 Å². The Bertz CT molecular complexity index is 784. The topological polar surface area (TPSA) is 53.0 Å². The monoisotopic (exact) mass is 386 g/mol. The molecule has 1 fully saturated rings. The minimum Gasteiger partial charge on any atom is -0.507 e. The Morgan fingerprint density at radius 3 is 2.48 bits per heavy atom. The maximum atomic E-state index is 11.8. The van der Waals surface area contributed by atoms with E-state index in [-0.39, 0.29) is 5.75 Å². The van der Waals surface area contributed by atoms with Crippen molar-refractivity contribution < 1.29 is 14.6 Å². The standard InChI is InChI=1S/C21H23ClN2O3/c22-18-6-8-19(9-7-18)24-13-11-23(12-14-24)15-16-27-21(26)10-5-17-3-1-2-4-20(17)25/h1-10,25H,11-16H2. The molecule has 0 spiro atoms. The van der Waals surface area contributed by atoms with Gasteiger partial charge in [-0.05, 0) is 36.4 Å². The van der Waals surface area contributed by atoms with Crippen molar-refractivity contribution in [2.24, 2.45) is 0 Å². The number of phenols is 1. The van der Waals surface area contributed by atoms with Crippen molar-refractivity contribution in [1.29, 1.82) is 0 Å². The minimum atomic E-state index is -0.405. The van der Waals surface area contributed by atoms with Crippen LogP contribution >= 0.6 is 11.6 Å². The highest BCUT2D eigenvalue weighted by atomic mass is 35.5. The molecule has 1 N–H and O–H groups in total. The number of hydrogen-bond acceptors (Lipinski definition) is 5. The van der Waals surface area contributed by atoms with Crippen LogP contribution in [0.3, 0.4) is 0 Å². The molecule has 5 nitrogen and oxygen atoms in total. The third kappa shape index (κ3) is 5.74. The first-order valence-corrected chi connectivity index (χ1v) is 9.35. The van der Waals surface area contributed by atoms with Crippen LogP contribution in [-0.2, 0) is 9.53 Å². The first-order chi connectivity index (χ1) is 13.1. The lowest BCUT2D eigenvalue weighted by Crippen LogP contribution is -2.47. The van der Waals surface area contributed by atoms with E-state index in [1.165, 1.54) is 11.8 Å². The summed E-state index contributed by atoms with van der Waals surface area (Å²) in [5, 5.41) is 10.4. The van der Waals surface area contributed by atoms with Gasteiger partial charge in [0.2, 0.25) is 0 Å². The zero-order chi connectivity index (χ0) is 19.1. The molecule has 2 aromatic carbocycles. The number of aromatic hydroxyl groups is 1. The number of anilines is 1. The Morgan fingerprint density at radius 2 is 1.78 bits per heavy atom. The molecule has 0 aliphatic carbocycles. The summed E-state index contributed by atoms with van der Waals surface area (Å²) in [6, 6.07) is 14.7. The number of piperazine rings is 1. The molecule has 142 valence electrons. The van der Waals surface area contributed by atoms with Crippen LogP contribution in [0.25, 0.3) is 6.08 Å². The van der Waals surface area contributed by atoms with Gasteiger partial charge in [0, 0.05) is 55.1 Å². The van der Waals surface area contributed by atoms with Crippen LogP contribution in [0.1, 0.15) is 5.56 Å². The van der Waals surface area contributed by atoms with E-state index in [0.29, 0.717) is 18.7 Å². The van der Waals surface area contributed by atoms with Crippen LogP contribution in [0.5, 0.6) is 5.75 Å². The molecular weight excluding hydrogens is 364 g/mol. The van der Waals surface area contributed by atoms with E-state index in [0.717, 1.165) is 31.2 Å². The van der Waals surface area contributed by atoms with Crippen LogP contribution in [0.2, 0.25) is 5.02 Å². The second-order valence-corrected chi connectivity index (χ2v) is 6.80. The molecule has 6 heteroatoms. The Labute approximate surface area is 164 Å². The molecule has 0 unspecified atom stereocenters. The van der Waals surface area contributed by atoms with E-state index in [1.54, 1.807) is 30.3 Å². The first kappa shape index (κ1) is 19.3. The zero-order valence-electron chi connectivity index (χ0n) is 15.1. The lowest BCUT2D eigenvalue weighted by Gasteiger charge is -2.35. The molecule has 0 amide bonds. The molecule has 0 atom stereocenters. The van der Waals surface area contributed by atoms with E-state index in [4.69, 9.17) is 16.3 Å². The van der Waals surface area contributed by atoms with E-state index >= 15 is 0 Å². The van der Waals surface area contributed by atoms with Gasteiger partial charge < -0.3 is 14.7 Å². The molecule has 1 aliphatic rings. The summed E-state index contributed by atoms with van der Waals surface area (Å²) in [5.41, 5.74) is 1.77. The Morgan fingerprint density at radius 1 is 1.07 bits per heavy atom. The predicted molar refractivity (Wildman–Crippen MR) is 108 cm³/mol. The van der Waals surface area contributed by atoms with E-state index in [9.17, 15) is 9.90 Å². The summed E-state index contributed by atoms with van der Waals surface area (Å²) < 4.78 is 5.25. The van der Waals surface area contributed by atoms with Gasteiger partial charge in [-0.3, -0.25) is 4.90 Å². The smallest absolute Gasteiger partial charge is 0.330 e. The van der Waals surface area contributed by atoms with Crippen LogP contribution in [0, 0.1) is 0 Å². The molecule has 0 bridgehead atoms. The molecule has 2 aromatic rings. The maximum absolute atomic E-state index is 11.8. The normalized spacial score (nSPS) is 15.2. The summed E-state index contributed by atoms with van der Waals surface area (Å²) in [7, 11) is 0. The minimum absolute atomic E-state index is 0.139. The lowest BCUT2D eigenvalue weighted by molar-refractivity contribution is -0.138. The molecule has 0 saturated carbocycles. The van der Waals surface area contributed by atoms with Crippen molar-refractivity contribution in [3.63, 3.8) is 0 Å². The summed E-state index contributed by atoms with van der Waals surface area (Å²) in [5.74, 6) is -0.266. The van der Waals surface area contributed by atoms with Crippen LogP contribution in [-0.4, -0.2) is 55.3 Å². The summed E-state index contributed by atoms with van der Waals surface area (Å²) in [6.07, 6.45) is 2.90. The third-order valence-electron chi connectivity index (χ3n) is 4.55. The van der Waals surface area contributed by atoms with Crippen LogP contribution in [0.15, 0.2) is 54.6 Å². The molecular formula is C21H23ClN2O3. The quantitative estimate of drug-likeness (QED) is 0.609. The molecule has 0 aromatic heterocycles. The fraction of sp³-hybridized carbons (Fsp3) is 0.286. The van der Waals surface area contributed by atoms with Gasteiger partial charge in [-0.1, -0.05) is 29.8 Å². The molecule has 0 radical (unpaired) electrons. The molecule has 1 aliphatic heterocycles. The second-order valence-electron chi connectivity index (χ2n) is 6.36. The molecule has 27 heavy (non-hydrogen) atoms. The van der Waals surface area contributed by atoms with Crippen molar-refractivity contribution in [2.75, 3.05) is 44.2 Å². The van der Waals surface area contributed by atoms with Crippen molar-refractivity contribution in [3.05, 3.63) is 65.2 Å². The number of carbonyl (C=O) groups excluding carboxylic acids is 1. The number of phenolic OH excluding ortho intramolecular Hbond substituents is 1. The number of para-hydroxylation sites is 1. The molecule has 1 saturated heterocycles. The fourth-order valence-electron chi connectivity index (χ4n) is 2.99. The average molecular weight is 387 g/mol. The average Bonchev–Trinajstić information content (AvgIpc) is 2.69. The Kier molecular flexibility index (Phi) is 6.74. The Balaban J connectivity index is 1.37. The number of rotatable bonds is 6. The summed E-state index contributed by atoms with van der Waals surface area (Å²) in [4.78, 5) is 16.4. The second kappa shape index (κ2) is 9.44. The number of ether oxygens (including phenoxy) is 1. The van der Waals surface area contributed by atoms with Gasteiger partial charge in [-0.15, -0.1) is 0 Å². The maximum Gasteiger partial charge on any atom is 0.330 e. The predicted octanol–water partition coefficient (Wildman–Crippen LogP) is 3.42. The van der Waals surface area contributed by atoms with Gasteiger partial charge in [0.05, 0.1) is 0 Å². The van der Waals surface area contributed by atoms with E-state index < -0.39 is 5.97 Å². The molecule has 3 rings (SSSR count). The highest BCUT2D eigenvalue weighted by Crippen LogP contribution is 2.19. The summed E-state index contributed by atoms with van der Waals surface area (Å²) in [6.45, 7) is 4.78. The number of hydrogen-bond donors (Lipinski definition) is 1. The van der Waals surface area contributed by atoms with Gasteiger partial charge in [0.1, 0.15) is 12.4 Å². The highest BCUT2D eigenvalue weighted by molar-refractivity contribution is 6.30. The van der Waals surface area contributed by atoms with Crippen molar-refractivity contribution in [2.45, 2.75) is 0 Å². The SMILES string of the molecule is O=C(C=Cc1ccccc1O)OCCN1CCN(c2ccc(Cl)cc2)CC1. The Hall–Kier alpha value is -2.50. The van der Waals surface area contributed by atoms with Gasteiger partial charge in [-0.25, -0.2) is 4.79 Å². The molecule has 1 heterocycles. The van der Waals surface area contributed by atoms with Gasteiger partial charge >= 0.3 is 5.97 Å². The van der Waals surface area contributed by atoms with E-state index in [2.05, 4.69) is 9.80 Å². The third-order valence-corrected chi connectivity index (χ3v) is 4.80. The van der Waals surface area contributed by atoms with Crippen molar-refractivity contribution >= 4 is 29.3 Å². The largest absolute Gasteiger partial charge is 0.507 e. The summed E-state index contributed by atoms with van der Waals surface area (Å²) >= 11 is 5.94. The highest BCUT2D eigenvalue weighted by Gasteiger charge is 2.17. The number of nitrogens with zero attached hydrogens (tertiary/aromatic N) is 2. The van der Waals surface area contributed by atoms with Crippen molar-refractivity contribution in [3.8, 4) is 5.75 Å². The van der Waals surface area contributed by atoms with Gasteiger partial charge in [0.25, 0.3) is 0 Å².